The summed E-state index contributed by atoms with van der Waals surface area (Å²) in [7, 11) is 0. The van der Waals surface area contributed by atoms with Crippen LogP contribution < -0.4 is 15.5 Å². The smallest absolute Gasteiger partial charge is 0.326 e. The van der Waals surface area contributed by atoms with E-state index in [4.69, 9.17) is 10.1 Å². The second kappa shape index (κ2) is 11.1. The van der Waals surface area contributed by atoms with Gasteiger partial charge in [-0.1, -0.05) is 83.5 Å². The highest BCUT2D eigenvalue weighted by molar-refractivity contribution is 6.01. The molecule has 1 aliphatic heterocycles. The van der Waals surface area contributed by atoms with E-state index in [9.17, 15) is 9.59 Å². The van der Waals surface area contributed by atoms with E-state index >= 15 is 0 Å². The molecule has 4 aromatic rings. The third-order valence-electron chi connectivity index (χ3n) is 7.47. The Balaban J connectivity index is 1.39. The number of urea groups is 1. The molecule has 2 aromatic heterocycles. The Bertz CT molecular complexity index is 1600. The van der Waals surface area contributed by atoms with Crippen molar-refractivity contribution >= 4 is 40.2 Å². The maximum atomic E-state index is 13.4. The van der Waals surface area contributed by atoms with Gasteiger partial charge in [0.05, 0.1) is 11.4 Å². The first-order chi connectivity index (χ1) is 19.8. The van der Waals surface area contributed by atoms with Gasteiger partial charge in [0.15, 0.2) is 0 Å². The number of hydrogen-bond donors (Lipinski definition) is 2. The summed E-state index contributed by atoms with van der Waals surface area (Å²) in [5, 5.41) is 12.7. The highest BCUT2D eigenvalue weighted by atomic mass is 16.2. The number of pyridine rings is 1. The van der Waals surface area contributed by atoms with E-state index in [1.54, 1.807) is 4.68 Å². The molecule has 2 N–H and O–H groups in total. The number of hydrogen-bond acceptors (Lipinski definition) is 5. The molecule has 5 rings (SSSR count). The van der Waals surface area contributed by atoms with Crippen molar-refractivity contribution in [1.29, 1.82) is 0 Å². The molecule has 0 unspecified atom stereocenters. The summed E-state index contributed by atoms with van der Waals surface area (Å²) in [5.74, 6) is 1.98. The first kappa shape index (κ1) is 29.1. The number of fused-ring (bicyclic) bond motifs is 1. The number of carbonyl (C=O) groups is 2. The predicted molar refractivity (Wildman–Crippen MR) is 170 cm³/mol. The molecule has 1 fully saturated rings. The van der Waals surface area contributed by atoms with Gasteiger partial charge >= 0.3 is 6.03 Å². The molecule has 3 amide bonds. The van der Waals surface area contributed by atoms with Gasteiger partial charge in [-0.3, -0.25) is 15.4 Å². The lowest BCUT2D eigenvalue weighted by atomic mass is 9.92. The minimum absolute atomic E-state index is 0.159. The third-order valence-corrected chi connectivity index (χ3v) is 7.47. The highest BCUT2D eigenvalue weighted by Crippen LogP contribution is 2.30. The molecular formula is C33H41N7O2. The van der Waals surface area contributed by atoms with Crippen molar-refractivity contribution in [3.8, 4) is 5.69 Å². The van der Waals surface area contributed by atoms with Crippen LogP contribution in [0.3, 0.4) is 0 Å². The van der Waals surface area contributed by atoms with Gasteiger partial charge in [-0.25, -0.2) is 14.5 Å². The van der Waals surface area contributed by atoms with Gasteiger partial charge in [0.25, 0.3) is 0 Å². The predicted octanol–water partition coefficient (Wildman–Crippen LogP) is 6.37. The van der Waals surface area contributed by atoms with Crippen LogP contribution in [0.5, 0.6) is 0 Å². The summed E-state index contributed by atoms with van der Waals surface area (Å²) in [6, 6.07) is 19.5. The van der Waals surface area contributed by atoms with Gasteiger partial charge in [0, 0.05) is 48.5 Å². The summed E-state index contributed by atoms with van der Waals surface area (Å²) in [6.45, 7) is 16.8. The Morgan fingerprint density at radius 2 is 1.50 bits per heavy atom. The Morgan fingerprint density at radius 3 is 2.14 bits per heavy atom. The van der Waals surface area contributed by atoms with E-state index in [2.05, 4.69) is 36.3 Å². The number of benzene rings is 2. The molecule has 0 saturated carbocycles. The fourth-order valence-electron chi connectivity index (χ4n) is 5.06. The first-order valence-electron chi connectivity index (χ1n) is 14.5. The van der Waals surface area contributed by atoms with Crippen LogP contribution >= 0.6 is 0 Å². The number of piperazine rings is 1. The van der Waals surface area contributed by atoms with E-state index in [1.807, 2.05) is 93.3 Å². The quantitative estimate of drug-likeness (QED) is 0.299. The van der Waals surface area contributed by atoms with Crippen molar-refractivity contribution in [2.45, 2.75) is 53.9 Å². The highest BCUT2D eigenvalue weighted by Gasteiger charge is 2.30. The normalized spacial score (nSPS) is 14.3. The lowest BCUT2D eigenvalue weighted by Crippen LogP contribution is -2.52. The van der Waals surface area contributed by atoms with Crippen LogP contribution in [0.4, 0.5) is 22.2 Å². The largest absolute Gasteiger partial charge is 0.352 e. The van der Waals surface area contributed by atoms with Crippen LogP contribution in [-0.4, -0.2) is 57.8 Å². The van der Waals surface area contributed by atoms with Crippen LogP contribution in [0.2, 0.25) is 0 Å². The molecule has 0 spiro atoms. The van der Waals surface area contributed by atoms with Crippen molar-refractivity contribution in [2.24, 2.45) is 5.41 Å². The van der Waals surface area contributed by atoms with Crippen molar-refractivity contribution in [3.63, 3.8) is 0 Å². The summed E-state index contributed by atoms with van der Waals surface area (Å²) in [5.41, 5.74) is 2.27. The molecule has 9 heteroatoms. The molecule has 2 aromatic carbocycles. The molecule has 0 radical (unpaired) electrons. The summed E-state index contributed by atoms with van der Waals surface area (Å²) in [4.78, 5) is 35.2. The molecular weight excluding hydrogens is 526 g/mol. The molecule has 220 valence electrons. The average molecular weight is 568 g/mol. The lowest BCUT2D eigenvalue weighted by molar-refractivity contribution is -0.139. The topological polar surface area (TPSA) is 95.4 Å². The maximum absolute atomic E-state index is 13.4. The van der Waals surface area contributed by atoms with Gasteiger partial charge < -0.3 is 9.80 Å². The fourth-order valence-corrected chi connectivity index (χ4v) is 5.06. The second-order valence-corrected chi connectivity index (χ2v) is 13.1. The monoisotopic (exact) mass is 567 g/mol. The van der Waals surface area contributed by atoms with Gasteiger partial charge in [0.1, 0.15) is 17.5 Å². The summed E-state index contributed by atoms with van der Waals surface area (Å²) < 4.78 is 1.76. The Kier molecular flexibility index (Phi) is 7.70. The first-order valence-corrected chi connectivity index (χ1v) is 14.5. The number of nitrogens with zero attached hydrogens (tertiary/aromatic N) is 5. The van der Waals surface area contributed by atoms with Gasteiger partial charge in [-0.15, -0.1) is 0 Å². The number of nitrogens with one attached hydrogen (secondary N) is 2. The average Bonchev–Trinajstić information content (AvgIpc) is 3.36. The molecule has 9 nitrogen and oxygen atoms in total. The molecule has 0 atom stereocenters. The number of carbonyl (C=O) groups excluding carboxylic acids is 2. The zero-order valence-electron chi connectivity index (χ0n) is 25.7. The van der Waals surface area contributed by atoms with E-state index in [1.165, 1.54) is 0 Å². The number of aromatic nitrogens is 3. The standard InChI is InChI=1S/C33H41N7O2/c1-22-12-14-24(15-13-22)40-28(21-26(37-40)32(2,3)4)36-31(42)35-27-20-23-10-8-9-11-25(23)29(34-27)38-16-18-39(19-17-38)30(41)33(5,6)7/h8-15,20-21H,16-19H2,1-7H3,(H2,34,35,36,42). The van der Waals surface area contributed by atoms with E-state index in [0.29, 0.717) is 37.8 Å². The summed E-state index contributed by atoms with van der Waals surface area (Å²) in [6.07, 6.45) is 0. The minimum atomic E-state index is -0.410. The molecule has 42 heavy (non-hydrogen) atoms. The Labute approximate surface area is 247 Å². The molecule has 0 aliphatic carbocycles. The van der Waals surface area contributed by atoms with Crippen LogP contribution in [0.15, 0.2) is 60.7 Å². The third kappa shape index (κ3) is 6.25. The Hall–Kier alpha value is -4.40. The molecule has 0 bridgehead atoms. The Morgan fingerprint density at radius 1 is 0.833 bits per heavy atom. The SMILES string of the molecule is Cc1ccc(-n2nc(C(C)(C)C)cc2NC(=O)Nc2cc3ccccc3c(N3CCN(C(=O)C(C)(C)C)CC3)n2)cc1. The number of amides is 3. The molecule has 1 aliphatic rings. The summed E-state index contributed by atoms with van der Waals surface area (Å²) >= 11 is 0. The van der Waals surface area contributed by atoms with Crippen molar-refractivity contribution < 1.29 is 9.59 Å². The molecule has 3 heterocycles. The van der Waals surface area contributed by atoms with Gasteiger partial charge in [0.2, 0.25) is 5.91 Å². The fraction of sp³-hybridized carbons (Fsp3) is 0.394. The van der Waals surface area contributed by atoms with Crippen molar-refractivity contribution in [2.75, 3.05) is 41.7 Å². The van der Waals surface area contributed by atoms with Gasteiger partial charge in [-0.2, -0.15) is 5.10 Å². The number of anilines is 3. The number of rotatable bonds is 4. The molecule has 1 saturated heterocycles. The van der Waals surface area contributed by atoms with E-state index < -0.39 is 11.4 Å². The second-order valence-electron chi connectivity index (χ2n) is 13.1. The van der Waals surface area contributed by atoms with Crippen molar-refractivity contribution in [3.05, 3.63) is 71.9 Å². The van der Waals surface area contributed by atoms with E-state index in [-0.39, 0.29) is 11.3 Å². The van der Waals surface area contributed by atoms with Crippen LogP contribution in [0, 0.1) is 12.3 Å². The maximum Gasteiger partial charge on any atom is 0.326 e. The number of aryl methyl sites for hydroxylation is 1. The van der Waals surface area contributed by atoms with Crippen LogP contribution in [-0.2, 0) is 10.2 Å². The zero-order valence-corrected chi connectivity index (χ0v) is 25.7. The minimum Gasteiger partial charge on any atom is -0.352 e. The lowest BCUT2D eigenvalue weighted by Gasteiger charge is -2.38. The van der Waals surface area contributed by atoms with Gasteiger partial charge in [-0.05, 0) is 30.5 Å². The van der Waals surface area contributed by atoms with Crippen LogP contribution in [0.1, 0.15) is 52.8 Å². The van der Waals surface area contributed by atoms with Crippen LogP contribution in [0.25, 0.3) is 16.5 Å². The van der Waals surface area contributed by atoms with E-state index in [0.717, 1.165) is 33.5 Å². The zero-order chi connectivity index (χ0) is 30.2. The van der Waals surface area contributed by atoms with Crippen molar-refractivity contribution in [1.82, 2.24) is 19.7 Å².